The van der Waals surface area contributed by atoms with Gasteiger partial charge in [-0.1, -0.05) is 44.0 Å². The molecule has 4 aromatic carbocycles. The second-order valence-electron chi connectivity index (χ2n) is 12.6. The van der Waals surface area contributed by atoms with Crippen LogP contribution in [-0.2, 0) is 24.2 Å². The molecule has 4 rings (SSSR count). The van der Waals surface area contributed by atoms with Gasteiger partial charge in [0, 0.05) is 50.1 Å². The van der Waals surface area contributed by atoms with Crippen molar-refractivity contribution in [2.75, 3.05) is 5.73 Å². The third-order valence-corrected chi connectivity index (χ3v) is 9.89. The van der Waals surface area contributed by atoms with E-state index in [0.29, 0.717) is 18.2 Å². The van der Waals surface area contributed by atoms with Gasteiger partial charge in [0.25, 0.3) is 0 Å². The van der Waals surface area contributed by atoms with Crippen molar-refractivity contribution < 1.29 is 98.6 Å². The van der Waals surface area contributed by atoms with Crippen LogP contribution in [-0.4, -0.2) is 48.2 Å². The van der Waals surface area contributed by atoms with E-state index in [1.54, 1.807) is 0 Å². The largest absolute Gasteiger partial charge is 0.435 e. The Morgan fingerprint density at radius 1 is 0.667 bits per heavy atom. The number of nitro groups is 1. The Hall–Kier alpha value is -5.21. The van der Waals surface area contributed by atoms with Crippen molar-refractivity contribution >= 4 is 54.8 Å². The second kappa shape index (κ2) is 19.3. The molecule has 0 radical (unpaired) electrons. The summed E-state index contributed by atoms with van der Waals surface area (Å²) in [7, 11) is 0. The number of nitrogens with zero attached hydrogens (tertiary/aromatic N) is 1. The van der Waals surface area contributed by atoms with Crippen molar-refractivity contribution in [1.82, 2.24) is 0 Å². The fourth-order valence-electron chi connectivity index (χ4n) is 5.24. The number of carbonyl (C=O) groups excluding carboxylic acids is 2. The van der Waals surface area contributed by atoms with E-state index in [-0.39, 0.29) is 34.8 Å². The molecule has 344 valence electrons. The highest BCUT2D eigenvalue weighted by Crippen LogP contribution is 2.55. The van der Waals surface area contributed by atoms with Crippen LogP contribution in [0.3, 0.4) is 0 Å². The van der Waals surface area contributed by atoms with E-state index in [9.17, 15) is 94.3 Å². The summed E-state index contributed by atoms with van der Waals surface area (Å²) < 4.78 is 232. The SMILES string of the molecule is CC(F)(c1cc(Br)c(CC(=O)c2cccc(N)c2F)c(OC(F)F)c1)C(F)(F)F.O=C(Cc1c(Br)cc(C(F)(C(F)(F)F)C(F)(F)F)cc1OC(F)F)c1cccc([N+](=O)[O-])c1F. The first-order valence-corrected chi connectivity index (χ1v) is 17.9. The number of rotatable bonds is 13. The smallest absolute Gasteiger partial charge is 0.434 e. The number of ether oxygens (including phenoxy) is 2. The van der Waals surface area contributed by atoms with Crippen LogP contribution in [0.5, 0.6) is 11.5 Å². The lowest BCUT2D eigenvalue weighted by atomic mass is 9.91. The van der Waals surface area contributed by atoms with Crippen molar-refractivity contribution in [2.45, 2.75) is 62.9 Å². The van der Waals surface area contributed by atoms with Crippen LogP contribution in [0.15, 0.2) is 69.6 Å². The first-order valence-electron chi connectivity index (χ1n) is 16.3. The highest BCUT2D eigenvalue weighted by atomic mass is 79.9. The molecule has 63 heavy (non-hydrogen) atoms. The van der Waals surface area contributed by atoms with Crippen molar-refractivity contribution in [3.8, 4) is 11.5 Å². The van der Waals surface area contributed by atoms with Gasteiger partial charge in [0.1, 0.15) is 11.5 Å². The standard InChI is InChI=1S/C18H8BrF10NO4.C18H13BrF7NO2/c19-10-4-7(16(23,17(24,25)26)18(27,28)29)5-13(34-15(21)22)9(10)6-12(31)8-2-1-3-11(14(8)20)30(32)33;1-17(23,18(24,25)26)8-5-11(19)10(14(6-8)29-16(21)22)7-13(28)9-3-2-4-12(27)15(9)20/h1-5,15H,6H2;2-6,16H,7,27H2,1H3. The maximum atomic E-state index is 14.4. The van der Waals surface area contributed by atoms with Gasteiger partial charge in [-0.05, 0) is 49.4 Å². The molecule has 0 aliphatic rings. The summed E-state index contributed by atoms with van der Waals surface area (Å²) in [6.45, 7) is -7.09. The van der Waals surface area contributed by atoms with E-state index in [1.807, 2.05) is 0 Å². The van der Waals surface area contributed by atoms with E-state index < -0.39 is 134 Å². The molecule has 0 aromatic heterocycles. The first kappa shape index (κ1) is 52.1. The number of nitrogens with two attached hydrogens (primary N) is 1. The van der Waals surface area contributed by atoms with E-state index in [1.165, 1.54) is 12.1 Å². The molecule has 0 heterocycles. The van der Waals surface area contributed by atoms with Gasteiger partial charge >= 0.3 is 43.1 Å². The number of ketones is 2. The summed E-state index contributed by atoms with van der Waals surface area (Å²) >= 11 is 5.34. The van der Waals surface area contributed by atoms with Gasteiger partial charge in [-0.3, -0.25) is 19.7 Å². The van der Waals surface area contributed by atoms with Crippen LogP contribution in [0.1, 0.15) is 49.9 Å². The van der Waals surface area contributed by atoms with Gasteiger partial charge < -0.3 is 15.2 Å². The normalized spacial score (nSPS) is 13.3. The summed E-state index contributed by atoms with van der Waals surface area (Å²) in [5.41, 5.74) is -11.7. The predicted molar refractivity (Wildman–Crippen MR) is 191 cm³/mol. The molecule has 0 bridgehead atoms. The zero-order valence-corrected chi connectivity index (χ0v) is 33.7. The lowest BCUT2D eigenvalue weighted by molar-refractivity contribution is -0.387. The van der Waals surface area contributed by atoms with E-state index >= 15 is 0 Å². The minimum atomic E-state index is -6.57. The van der Waals surface area contributed by atoms with Crippen LogP contribution in [0, 0.1) is 21.7 Å². The van der Waals surface area contributed by atoms with Crippen molar-refractivity contribution in [3.05, 3.63) is 125 Å². The van der Waals surface area contributed by atoms with Gasteiger partial charge in [0.05, 0.1) is 21.7 Å². The lowest BCUT2D eigenvalue weighted by Gasteiger charge is -2.31. The molecule has 2 N–H and O–H groups in total. The van der Waals surface area contributed by atoms with Crippen LogP contribution < -0.4 is 15.2 Å². The topological polar surface area (TPSA) is 122 Å². The number of nitrogen functional groups attached to an aromatic ring is 1. The van der Waals surface area contributed by atoms with Crippen LogP contribution in [0.2, 0.25) is 0 Å². The van der Waals surface area contributed by atoms with Crippen LogP contribution in [0.25, 0.3) is 0 Å². The summed E-state index contributed by atoms with van der Waals surface area (Å²) in [5, 5.41) is 10.8. The minimum absolute atomic E-state index is 0.0499. The Bertz CT molecular complexity index is 2360. The summed E-state index contributed by atoms with van der Waals surface area (Å²) in [4.78, 5) is 34.5. The highest BCUT2D eigenvalue weighted by Gasteiger charge is 2.73. The molecule has 0 saturated carbocycles. The van der Waals surface area contributed by atoms with Crippen molar-refractivity contribution in [2.24, 2.45) is 0 Å². The quantitative estimate of drug-likeness (QED) is 0.0465. The average molecular weight is 1060 g/mol. The van der Waals surface area contributed by atoms with Gasteiger partial charge in [-0.25, -0.2) is 13.2 Å². The second-order valence-corrected chi connectivity index (χ2v) is 14.3. The summed E-state index contributed by atoms with van der Waals surface area (Å²) in [5.74, 6) is -7.20. The summed E-state index contributed by atoms with van der Waals surface area (Å²) in [6, 6.07) is 6.71. The molecule has 0 saturated heterocycles. The number of alkyl halides is 15. The van der Waals surface area contributed by atoms with Gasteiger partial charge in [0.15, 0.2) is 17.4 Å². The van der Waals surface area contributed by atoms with Gasteiger partial charge in [-0.15, -0.1) is 0 Å². The van der Waals surface area contributed by atoms with Gasteiger partial charge in [-0.2, -0.15) is 61.5 Å². The van der Waals surface area contributed by atoms with Crippen molar-refractivity contribution in [3.63, 3.8) is 0 Å². The number of benzene rings is 4. The first-order chi connectivity index (χ1) is 28.7. The lowest BCUT2D eigenvalue weighted by Crippen LogP contribution is -2.50. The maximum Gasteiger partial charge on any atom is 0.435 e. The van der Waals surface area contributed by atoms with E-state index in [2.05, 4.69) is 41.3 Å². The van der Waals surface area contributed by atoms with Gasteiger partial charge in [0.2, 0.25) is 11.5 Å². The molecular weight excluding hydrogens is 1040 g/mol. The Morgan fingerprint density at radius 2 is 1.06 bits per heavy atom. The monoisotopic (exact) mass is 1060 g/mol. The maximum absolute atomic E-state index is 14.4. The third-order valence-electron chi connectivity index (χ3n) is 8.47. The highest BCUT2D eigenvalue weighted by molar-refractivity contribution is 9.10. The van der Waals surface area contributed by atoms with E-state index in [4.69, 9.17) is 5.73 Å². The molecule has 27 heteroatoms. The average Bonchev–Trinajstić information content (AvgIpc) is 3.13. The number of hydrogen-bond acceptors (Lipinski definition) is 7. The van der Waals surface area contributed by atoms with Crippen LogP contribution in [0.4, 0.5) is 86.0 Å². The molecule has 0 aliphatic carbocycles. The number of anilines is 1. The number of carbonyl (C=O) groups is 2. The third kappa shape index (κ3) is 11.5. The molecule has 0 aliphatic heterocycles. The number of Topliss-reactive ketones (excluding diaryl/α,β-unsaturated/α-hetero) is 2. The molecular formula is C36H21Br2F17N2O6. The summed E-state index contributed by atoms with van der Waals surface area (Å²) in [6.07, 6.45) is -20.4. The fourth-order valence-corrected chi connectivity index (χ4v) is 6.41. The fraction of sp³-hybridized carbons (Fsp3) is 0.278. The Balaban J connectivity index is 0.000000340. The molecule has 0 fully saturated rings. The Morgan fingerprint density at radius 3 is 1.46 bits per heavy atom. The predicted octanol–water partition coefficient (Wildman–Crippen LogP) is 12.8. The van der Waals surface area contributed by atoms with Crippen molar-refractivity contribution in [1.29, 1.82) is 0 Å². The Kier molecular flexibility index (Phi) is 15.9. The molecule has 1 atom stereocenters. The molecule has 8 nitrogen and oxygen atoms in total. The van der Waals surface area contributed by atoms with Crippen LogP contribution >= 0.6 is 31.9 Å². The number of halogens is 19. The zero-order chi connectivity index (χ0) is 48.4. The minimum Gasteiger partial charge on any atom is -0.434 e. The molecule has 0 spiro atoms. The molecule has 4 aromatic rings. The zero-order valence-electron chi connectivity index (χ0n) is 30.5. The Labute approximate surface area is 357 Å². The number of nitro benzene ring substituents is 1. The number of hydrogen-bond donors (Lipinski definition) is 1. The molecule has 0 amide bonds. The molecule has 1 unspecified atom stereocenters. The van der Waals surface area contributed by atoms with E-state index in [0.717, 1.165) is 18.2 Å².